The number of rotatable bonds is 6. The summed E-state index contributed by atoms with van der Waals surface area (Å²) in [5, 5.41) is 9.90. The lowest BCUT2D eigenvalue weighted by molar-refractivity contribution is 1.07. The van der Waals surface area contributed by atoms with E-state index in [-0.39, 0.29) is 0 Å². The van der Waals surface area contributed by atoms with Crippen LogP contribution in [0.2, 0.25) is 0 Å². The Kier molecular flexibility index (Phi) is 8.15. The van der Waals surface area contributed by atoms with Gasteiger partial charge in [-0.25, -0.2) is 15.0 Å². The van der Waals surface area contributed by atoms with Gasteiger partial charge in [-0.1, -0.05) is 188 Å². The molecule has 0 N–H and O–H groups in total. The van der Waals surface area contributed by atoms with Crippen LogP contribution in [-0.4, -0.2) is 15.0 Å². The van der Waals surface area contributed by atoms with Crippen LogP contribution in [0.3, 0.4) is 0 Å². The van der Waals surface area contributed by atoms with Crippen LogP contribution < -0.4 is 0 Å². The monoisotopic (exact) mass is 737 g/mol. The van der Waals surface area contributed by atoms with Crippen LogP contribution in [0, 0.1) is 0 Å². The highest BCUT2D eigenvalue weighted by Crippen LogP contribution is 2.42. The fourth-order valence-corrected chi connectivity index (χ4v) is 8.56. The molecule has 1 heterocycles. The molecular weight excluding hydrogens is 703 g/mol. The van der Waals surface area contributed by atoms with Crippen LogP contribution in [-0.2, 0) is 0 Å². The molecule has 0 aliphatic carbocycles. The van der Waals surface area contributed by atoms with Crippen LogP contribution in [0.5, 0.6) is 0 Å². The molecule has 0 saturated carbocycles. The molecule has 0 aliphatic rings. The van der Waals surface area contributed by atoms with Gasteiger partial charge < -0.3 is 0 Å². The summed E-state index contributed by atoms with van der Waals surface area (Å²) < 4.78 is 0. The first-order valence-corrected chi connectivity index (χ1v) is 19.7. The van der Waals surface area contributed by atoms with Gasteiger partial charge in [0.05, 0.1) is 0 Å². The molecule has 0 aliphatic heterocycles. The Morgan fingerprint density at radius 1 is 0.224 bits per heavy atom. The van der Waals surface area contributed by atoms with E-state index in [0.717, 1.165) is 38.9 Å². The van der Waals surface area contributed by atoms with Gasteiger partial charge in [0.25, 0.3) is 0 Å². The Hall–Kier alpha value is -7.75. The predicted octanol–water partition coefficient (Wildman–Crippen LogP) is 14.5. The number of fused-ring (bicyclic) bond motifs is 7. The molecule has 11 rings (SSSR count). The second-order valence-corrected chi connectivity index (χ2v) is 14.8. The average Bonchev–Trinajstić information content (AvgIpc) is 3.31. The summed E-state index contributed by atoms with van der Waals surface area (Å²) >= 11 is 0. The molecule has 0 bridgehead atoms. The molecule has 0 amide bonds. The van der Waals surface area contributed by atoms with Gasteiger partial charge in [0.2, 0.25) is 0 Å². The Bertz CT molecular complexity index is 3230. The maximum absolute atomic E-state index is 5.20. The summed E-state index contributed by atoms with van der Waals surface area (Å²) in [6.07, 6.45) is 0. The molecule has 10 aromatic carbocycles. The fraction of sp³-hybridized carbons (Fsp3) is 0. The lowest BCUT2D eigenvalue weighted by Crippen LogP contribution is -2.00. The number of hydrogen-bond donors (Lipinski definition) is 0. The van der Waals surface area contributed by atoms with E-state index in [9.17, 15) is 0 Å². The number of hydrogen-bond acceptors (Lipinski definition) is 3. The van der Waals surface area contributed by atoms with E-state index in [1.807, 2.05) is 36.4 Å². The third-order valence-electron chi connectivity index (χ3n) is 11.3. The fourth-order valence-electron chi connectivity index (χ4n) is 8.56. The summed E-state index contributed by atoms with van der Waals surface area (Å²) in [6.45, 7) is 0. The van der Waals surface area contributed by atoms with Gasteiger partial charge in [-0.2, -0.15) is 0 Å². The third kappa shape index (κ3) is 5.89. The highest BCUT2D eigenvalue weighted by atomic mass is 15.0. The van der Waals surface area contributed by atoms with Crippen LogP contribution in [0.4, 0.5) is 0 Å². The number of aromatic nitrogens is 3. The molecule has 58 heavy (non-hydrogen) atoms. The molecule has 0 spiro atoms. The van der Waals surface area contributed by atoms with Gasteiger partial charge in [-0.05, 0) is 101 Å². The molecule has 0 unspecified atom stereocenters. The first kappa shape index (κ1) is 33.6. The molecule has 1 aromatic heterocycles. The Morgan fingerprint density at radius 3 is 1.29 bits per heavy atom. The van der Waals surface area contributed by atoms with E-state index in [1.165, 1.54) is 54.2 Å². The van der Waals surface area contributed by atoms with E-state index in [4.69, 9.17) is 15.0 Å². The minimum absolute atomic E-state index is 0.622. The van der Waals surface area contributed by atoms with E-state index < -0.39 is 0 Å². The minimum atomic E-state index is 0.622. The summed E-state index contributed by atoms with van der Waals surface area (Å²) in [4.78, 5) is 15.4. The lowest BCUT2D eigenvalue weighted by Gasteiger charge is -2.17. The molecule has 0 atom stereocenters. The summed E-state index contributed by atoms with van der Waals surface area (Å²) in [5.74, 6) is 1.89. The normalized spacial score (nSPS) is 11.4. The van der Waals surface area contributed by atoms with Crippen LogP contribution in [0.1, 0.15) is 0 Å². The zero-order valence-corrected chi connectivity index (χ0v) is 31.5. The third-order valence-corrected chi connectivity index (χ3v) is 11.3. The van der Waals surface area contributed by atoms with Crippen molar-refractivity contribution < 1.29 is 0 Å². The highest BCUT2D eigenvalue weighted by molar-refractivity contribution is 6.28. The standard InChI is InChI=1S/C55H35N3/c1-3-17-37(18-4-1)53-56-54(38-19-5-2-6-20-38)58-55(57-53)43-34-41(39-22-13-23-40(32-39)45-29-14-21-36-16-7-8-24-44(36)45)33-42(35-43)46-30-15-31-51-49-26-10-9-25-47(49)48-27-11-12-28-50(48)52(46)51/h1-35H. The SMILES string of the molecule is c1ccc(-c2nc(-c3ccccc3)nc(-c3cc(-c4cccc(-c5cccc6ccccc56)c4)cc(-c4cccc5c6ccccc6c6ccccc6c45)c3)n2)cc1. The first-order valence-electron chi connectivity index (χ1n) is 19.7. The Labute approximate surface area is 336 Å². The van der Waals surface area contributed by atoms with Crippen molar-refractivity contribution in [1.29, 1.82) is 0 Å². The lowest BCUT2D eigenvalue weighted by atomic mass is 9.87. The summed E-state index contributed by atoms with van der Waals surface area (Å²) in [7, 11) is 0. The van der Waals surface area contributed by atoms with Crippen molar-refractivity contribution in [3.05, 3.63) is 212 Å². The van der Waals surface area contributed by atoms with Gasteiger partial charge in [0, 0.05) is 16.7 Å². The molecule has 3 nitrogen and oxygen atoms in total. The highest BCUT2D eigenvalue weighted by Gasteiger charge is 2.18. The van der Waals surface area contributed by atoms with Crippen LogP contribution in [0.15, 0.2) is 212 Å². The molecule has 0 saturated heterocycles. The largest absolute Gasteiger partial charge is 0.208 e. The van der Waals surface area contributed by atoms with Crippen LogP contribution in [0.25, 0.3) is 111 Å². The van der Waals surface area contributed by atoms with Crippen molar-refractivity contribution >= 4 is 43.1 Å². The minimum Gasteiger partial charge on any atom is -0.208 e. The quantitative estimate of drug-likeness (QED) is 0.160. The molecule has 0 radical (unpaired) electrons. The molecule has 11 aromatic rings. The molecule has 0 fully saturated rings. The van der Waals surface area contributed by atoms with E-state index in [1.54, 1.807) is 0 Å². The van der Waals surface area contributed by atoms with Gasteiger partial charge in [0.1, 0.15) is 0 Å². The zero-order chi connectivity index (χ0) is 38.4. The number of nitrogens with zero attached hydrogens (tertiary/aromatic N) is 3. The van der Waals surface area contributed by atoms with Crippen molar-refractivity contribution in [3.8, 4) is 67.5 Å². The average molecular weight is 738 g/mol. The Morgan fingerprint density at radius 2 is 0.621 bits per heavy atom. The van der Waals surface area contributed by atoms with Crippen LogP contribution >= 0.6 is 0 Å². The van der Waals surface area contributed by atoms with Gasteiger partial charge >= 0.3 is 0 Å². The maximum atomic E-state index is 5.20. The second-order valence-electron chi connectivity index (χ2n) is 14.8. The van der Waals surface area contributed by atoms with Crippen molar-refractivity contribution in [2.24, 2.45) is 0 Å². The smallest absolute Gasteiger partial charge is 0.164 e. The zero-order valence-electron chi connectivity index (χ0n) is 31.5. The molecule has 3 heteroatoms. The second kappa shape index (κ2) is 14.1. The maximum Gasteiger partial charge on any atom is 0.164 e. The van der Waals surface area contributed by atoms with Crippen molar-refractivity contribution in [2.75, 3.05) is 0 Å². The number of benzene rings is 10. The van der Waals surface area contributed by atoms with Gasteiger partial charge in [-0.3, -0.25) is 0 Å². The summed E-state index contributed by atoms with van der Waals surface area (Å²) in [6, 6.07) is 75.5. The van der Waals surface area contributed by atoms with Gasteiger partial charge in [-0.15, -0.1) is 0 Å². The van der Waals surface area contributed by atoms with Crippen molar-refractivity contribution in [1.82, 2.24) is 15.0 Å². The molecule has 270 valence electrons. The topological polar surface area (TPSA) is 38.7 Å². The van der Waals surface area contributed by atoms with E-state index in [0.29, 0.717) is 17.5 Å². The molecular formula is C55H35N3. The Balaban J connectivity index is 1.19. The van der Waals surface area contributed by atoms with Crippen molar-refractivity contribution in [2.45, 2.75) is 0 Å². The van der Waals surface area contributed by atoms with E-state index in [2.05, 4.69) is 176 Å². The first-order chi connectivity index (χ1) is 28.7. The summed E-state index contributed by atoms with van der Waals surface area (Å²) in [5.41, 5.74) is 9.63. The van der Waals surface area contributed by atoms with Gasteiger partial charge in [0.15, 0.2) is 17.5 Å². The van der Waals surface area contributed by atoms with Crippen molar-refractivity contribution in [3.63, 3.8) is 0 Å². The van der Waals surface area contributed by atoms with E-state index >= 15 is 0 Å². The predicted molar refractivity (Wildman–Crippen MR) is 242 cm³/mol.